The van der Waals surface area contributed by atoms with Crippen molar-refractivity contribution in [1.29, 1.82) is 0 Å². The Morgan fingerprint density at radius 2 is 1.89 bits per heavy atom. The molecule has 0 saturated carbocycles. The van der Waals surface area contributed by atoms with Gasteiger partial charge in [0, 0.05) is 24.5 Å². The lowest BCUT2D eigenvalue weighted by atomic mass is 10.2. The van der Waals surface area contributed by atoms with E-state index in [1.807, 2.05) is 13.8 Å². The third-order valence-electron chi connectivity index (χ3n) is 3.06. The minimum absolute atomic E-state index is 0.00827. The zero-order valence-electron chi connectivity index (χ0n) is 11.4. The Kier molecular flexibility index (Phi) is 4.39. The molecule has 3 N–H and O–H groups in total. The smallest absolute Gasteiger partial charge is 0.238 e. The first kappa shape index (κ1) is 13.8. The number of morpholine rings is 1. The van der Waals surface area contributed by atoms with E-state index in [1.165, 1.54) is 0 Å². The van der Waals surface area contributed by atoms with E-state index in [0.29, 0.717) is 12.2 Å². The molecule has 19 heavy (non-hydrogen) atoms. The van der Waals surface area contributed by atoms with E-state index in [4.69, 9.17) is 10.5 Å². The molecule has 0 unspecified atom stereocenters. The third-order valence-corrected chi connectivity index (χ3v) is 3.06. The minimum atomic E-state index is -0.00827. The number of nitrogens with two attached hydrogens (primary N) is 1. The number of nitrogen functional groups attached to an aromatic ring is 1. The molecule has 1 aromatic rings. The van der Waals surface area contributed by atoms with E-state index in [1.54, 1.807) is 24.3 Å². The van der Waals surface area contributed by atoms with E-state index in [-0.39, 0.29) is 18.1 Å². The zero-order valence-corrected chi connectivity index (χ0v) is 11.4. The van der Waals surface area contributed by atoms with Crippen LogP contribution in [0.1, 0.15) is 13.8 Å². The van der Waals surface area contributed by atoms with Gasteiger partial charge in [0.15, 0.2) is 0 Å². The minimum Gasteiger partial charge on any atom is -0.399 e. The third kappa shape index (κ3) is 4.22. The van der Waals surface area contributed by atoms with Gasteiger partial charge in [-0.1, -0.05) is 0 Å². The molecular weight excluding hydrogens is 242 g/mol. The lowest BCUT2D eigenvalue weighted by Gasteiger charge is -2.34. The Morgan fingerprint density at radius 1 is 1.32 bits per heavy atom. The summed E-state index contributed by atoms with van der Waals surface area (Å²) in [4.78, 5) is 14.1. The van der Waals surface area contributed by atoms with Crippen LogP contribution in [0.25, 0.3) is 0 Å². The van der Waals surface area contributed by atoms with Gasteiger partial charge in [0.1, 0.15) is 0 Å². The molecule has 1 heterocycles. The highest BCUT2D eigenvalue weighted by Gasteiger charge is 2.23. The van der Waals surface area contributed by atoms with Crippen molar-refractivity contribution >= 4 is 17.3 Å². The van der Waals surface area contributed by atoms with Crippen LogP contribution in [0.5, 0.6) is 0 Å². The molecule has 0 bridgehead atoms. The molecule has 0 spiro atoms. The van der Waals surface area contributed by atoms with Gasteiger partial charge in [-0.3, -0.25) is 9.69 Å². The summed E-state index contributed by atoms with van der Waals surface area (Å²) in [6.45, 7) is 6.03. The fourth-order valence-electron chi connectivity index (χ4n) is 2.38. The average Bonchev–Trinajstić information content (AvgIpc) is 2.30. The second-order valence-electron chi connectivity index (χ2n) is 5.12. The maximum Gasteiger partial charge on any atom is 0.238 e. The predicted molar refractivity (Wildman–Crippen MR) is 75.9 cm³/mol. The Balaban J connectivity index is 1.85. The van der Waals surface area contributed by atoms with Crippen molar-refractivity contribution in [2.24, 2.45) is 0 Å². The molecule has 1 fully saturated rings. The molecule has 0 aromatic heterocycles. The topological polar surface area (TPSA) is 67.6 Å². The van der Waals surface area contributed by atoms with Crippen molar-refractivity contribution in [2.45, 2.75) is 26.1 Å². The van der Waals surface area contributed by atoms with Gasteiger partial charge in [0.2, 0.25) is 5.91 Å². The lowest BCUT2D eigenvalue weighted by molar-refractivity contribution is -0.121. The molecule has 2 atom stereocenters. The van der Waals surface area contributed by atoms with Gasteiger partial charge in [-0.2, -0.15) is 0 Å². The summed E-state index contributed by atoms with van der Waals surface area (Å²) in [7, 11) is 0. The molecule has 0 aliphatic carbocycles. The fraction of sp³-hybridized carbons (Fsp3) is 0.500. The number of hydrogen-bond donors (Lipinski definition) is 2. The van der Waals surface area contributed by atoms with Crippen molar-refractivity contribution in [3.63, 3.8) is 0 Å². The maximum absolute atomic E-state index is 12.0. The maximum atomic E-state index is 12.0. The van der Waals surface area contributed by atoms with Crippen LogP contribution in [-0.4, -0.2) is 42.6 Å². The van der Waals surface area contributed by atoms with Crippen LogP contribution in [0, 0.1) is 0 Å². The number of carbonyl (C=O) groups is 1. The second-order valence-corrected chi connectivity index (χ2v) is 5.12. The number of nitrogens with one attached hydrogen (secondary N) is 1. The van der Waals surface area contributed by atoms with Gasteiger partial charge in [-0.25, -0.2) is 0 Å². The lowest BCUT2D eigenvalue weighted by Crippen LogP contribution is -2.48. The standard InChI is InChI=1S/C14H21N3O2/c1-10-7-17(8-11(2)19-10)9-14(18)16-13-5-3-12(15)4-6-13/h3-6,10-11H,7-9,15H2,1-2H3,(H,16,18)/t10-,11+. The monoisotopic (exact) mass is 263 g/mol. The molecule has 1 aliphatic heterocycles. The van der Waals surface area contributed by atoms with Gasteiger partial charge < -0.3 is 15.8 Å². The Hall–Kier alpha value is -1.59. The van der Waals surface area contributed by atoms with Crippen molar-refractivity contribution < 1.29 is 9.53 Å². The quantitative estimate of drug-likeness (QED) is 0.807. The summed E-state index contributed by atoms with van der Waals surface area (Å²) in [5.74, 6) is -0.00827. The fourth-order valence-corrected chi connectivity index (χ4v) is 2.38. The Labute approximate surface area is 113 Å². The Morgan fingerprint density at radius 3 is 2.47 bits per heavy atom. The van der Waals surface area contributed by atoms with Gasteiger partial charge in [-0.15, -0.1) is 0 Å². The van der Waals surface area contributed by atoms with Crippen molar-refractivity contribution in [2.75, 3.05) is 30.7 Å². The number of nitrogens with zero attached hydrogens (tertiary/aromatic N) is 1. The summed E-state index contributed by atoms with van der Waals surface area (Å²) in [6.07, 6.45) is 0.348. The molecule has 2 rings (SSSR count). The van der Waals surface area contributed by atoms with Crippen molar-refractivity contribution in [1.82, 2.24) is 4.90 Å². The molecule has 5 heteroatoms. The molecule has 0 radical (unpaired) electrons. The normalized spacial score (nSPS) is 24.1. The first-order valence-corrected chi connectivity index (χ1v) is 6.56. The van der Waals surface area contributed by atoms with E-state index in [0.717, 1.165) is 18.8 Å². The van der Waals surface area contributed by atoms with E-state index in [9.17, 15) is 4.79 Å². The zero-order chi connectivity index (χ0) is 13.8. The van der Waals surface area contributed by atoms with Crippen LogP contribution in [0.4, 0.5) is 11.4 Å². The number of benzene rings is 1. The van der Waals surface area contributed by atoms with Gasteiger partial charge >= 0.3 is 0 Å². The first-order valence-electron chi connectivity index (χ1n) is 6.56. The van der Waals surface area contributed by atoms with E-state index in [2.05, 4.69) is 10.2 Å². The molecule has 104 valence electrons. The summed E-state index contributed by atoms with van der Waals surface area (Å²) in [5.41, 5.74) is 7.06. The van der Waals surface area contributed by atoms with Crippen molar-refractivity contribution in [3.05, 3.63) is 24.3 Å². The largest absolute Gasteiger partial charge is 0.399 e. The summed E-state index contributed by atoms with van der Waals surface area (Å²) in [6, 6.07) is 7.15. The molecule has 1 aromatic carbocycles. The molecule has 1 aliphatic rings. The highest BCUT2D eigenvalue weighted by atomic mass is 16.5. The van der Waals surface area contributed by atoms with Gasteiger partial charge in [-0.05, 0) is 38.1 Å². The highest BCUT2D eigenvalue weighted by molar-refractivity contribution is 5.92. The second kappa shape index (κ2) is 6.04. The average molecular weight is 263 g/mol. The summed E-state index contributed by atoms with van der Waals surface area (Å²) in [5, 5.41) is 2.87. The van der Waals surface area contributed by atoms with Crippen LogP contribution in [0.3, 0.4) is 0 Å². The predicted octanol–water partition coefficient (Wildman–Crippen LogP) is 1.32. The van der Waals surface area contributed by atoms with Crippen LogP contribution in [0.15, 0.2) is 24.3 Å². The SMILES string of the molecule is C[C@@H]1CN(CC(=O)Nc2ccc(N)cc2)C[C@H](C)O1. The number of amides is 1. The molecule has 1 amide bonds. The van der Waals surface area contributed by atoms with Crippen LogP contribution in [0.2, 0.25) is 0 Å². The summed E-state index contributed by atoms with van der Waals surface area (Å²) >= 11 is 0. The van der Waals surface area contributed by atoms with Crippen LogP contribution < -0.4 is 11.1 Å². The summed E-state index contributed by atoms with van der Waals surface area (Å²) < 4.78 is 5.64. The first-order chi connectivity index (χ1) is 9.02. The number of anilines is 2. The van der Waals surface area contributed by atoms with E-state index < -0.39 is 0 Å². The van der Waals surface area contributed by atoms with Gasteiger partial charge in [0.05, 0.1) is 18.8 Å². The molecule has 1 saturated heterocycles. The van der Waals surface area contributed by atoms with Crippen molar-refractivity contribution in [3.8, 4) is 0 Å². The number of carbonyl (C=O) groups excluding carboxylic acids is 1. The van der Waals surface area contributed by atoms with Gasteiger partial charge in [0.25, 0.3) is 0 Å². The van der Waals surface area contributed by atoms with E-state index >= 15 is 0 Å². The molecule has 5 nitrogen and oxygen atoms in total. The number of rotatable bonds is 3. The number of ether oxygens (including phenoxy) is 1. The number of hydrogen-bond acceptors (Lipinski definition) is 4. The Bertz CT molecular complexity index is 423. The molecular formula is C14H21N3O2. The van der Waals surface area contributed by atoms with Crippen LogP contribution >= 0.6 is 0 Å². The highest BCUT2D eigenvalue weighted by Crippen LogP contribution is 2.12. The van der Waals surface area contributed by atoms with Crippen LogP contribution in [-0.2, 0) is 9.53 Å².